The minimum absolute atomic E-state index is 0.0433. The Bertz CT molecular complexity index is 549. The van der Waals surface area contributed by atoms with Gasteiger partial charge in [-0.2, -0.15) is 5.12 Å². The fraction of sp³-hybridized carbons (Fsp3) is 0.250. The lowest BCUT2D eigenvalue weighted by molar-refractivity contribution is -0.298. The normalized spacial score (nSPS) is 23.7. The number of hydrogen-bond acceptors (Lipinski definition) is 4. The summed E-state index contributed by atoms with van der Waals surface area (Å²) in [5.41, 5.74) is 1.27. The number of hydrogen-bond donors (Lipinski definition) is 0. The lowest BCUT2D eigenvalue weighted by Crippen LogP contribution is -2.28. The molecular weight excluding hydrogens is 277 g/mol. The van der Waals surface area contributed by atoms with Crippen LogP contribution < -0.4 is 5.11 Å². The molecule has 18 heavy (non-hydrogen) atoms. The number of nitrogens with zero attached hydrogens (tertiary/aromatic N) is 1. The highest BCUT2D eigenvalue weighted by molar-refractivity contribution is 8.06. The van der Waals surface area contributed by atoms with E-state index in [-0.39, 0.29) is 15.7 Å². The number of carboxylic acids is 1. The number of rotatable bonds is 2. The molecule has 1 atom stereocenters. The zero-order valence-corrected chi connectivity index (χ0v) is 11.3. The van der Waals surface area contributed by atoms with Crippen molar-refractivity contribution >= 4 is 29.3 Å². The maximum Gasteiger partial charge on any atom is 0.220 e. The van der Waals surface area contributed by atoms with Gasteiger partial charge < -0.3 is 9.90 Å². The van der Waals surface area contributed by atoms with Gasteiger partial charge in [0, 0.05) is 5.56 Å². The van der Waals surface area contributed by atoms with Gasteiger partial charge in [-0.15, -0.1) is 0 Å². The quantitative estimate of drug-likeness (QED) is 0.475. The molecule has 0 spiro atoms. The van der Waals surface area contributed by atoms with Gasteiger partial charge in [-0.05, 0) is 19.4 Å². The monoisotopic (exact) mass is 286 g/mol. The Morgan fingerprint density at radius 1 is 1.44 bits per heavy atom. The first kappa shape index (κ1) is 13.2. The Balaban J connectivity index is 2.48. The number of allylic oxidation sites excluding steroid dienone is 1. The molecule has 0 fully saturated rings. The van der Waals surface area contributed by atoms with Crippen molar-refractivity contribution in [3.63, 3.8) is 0 Å². The summed E-state index contributed by atoms with van der Waals surface area (Å²) in [4.78, 5) is 10.7. The van der Waals surface area contributed by atoms with E-state index in [1.165, 1.54) is 6.92 Å². The first-order valence-corrected chi connectivity index (χ1v) is 6.39. The van der Waals surface area contributed by atoms with Crippen molar-refractivity contribution in [2.45, 2.75) is 18.2 Å². The van der Waals surface area contributed by atoms with Crippen molar-refractivity contribution < 1.29 is 14.4 Å². The third-order valence-corrected chi connectivity index (χ3v) is 4.68. The second-order valence-corrected chi connectivity index (χ2v) is 5.94. The van der Waals surface area contributed by atoms with Crippen molar-refractivity contribution in [1.29, 1.82) is 0 Å². The van der Waals surface area contributed by atoms with Crippen LogP contribution in [0.15, 0.2) is 34.9 Å². The molecule has 6 heteroatoms. The minimum Gasteiger partial charge on any atom is -0.544 e. The van der Waals surface area contributed by atoms with Gasteiger partial charge in [0.05, 0.1) is 16.6 Å². The van der Waals surface area contributed by atoms with E-state index in [1.807, 2.05) is 0 Å². The molecule has 0 amide bonds. The smallest absolute Gasteiger partial charge is 0.220 e. The van der Waals surface area contributed by atoms with Crippen LogP contribution in [-0.2, 0) is 9.12 Å². The van der Waals surface area contributed by atoms with Crippen LogP contribution >= 0.6 is 23.4 Å². The van der Waals surface area contributed by atoms with E-state index in [2.05, 4.69) is 0 Å². The van der Waals surface area contributed by atoms with Gasteiger partial charge in [-0.25, -0.2) is 0 Å². The summed E-state index contributed by atoms with van der Waals surface area (Å²) >= 11 is 7.01. The topological polar surface area (TPSA) is 43.4 Å². The number of carboxylic acid groups (broad SMARTS) is 1. The standard InChI is InChI=1S/C12H11ClFNO2S/c1-7-5-3-4-6-9(7)12(13)15(14)8(2)10(18-12)11(16)17/h3-6H,1-2H3,(H,16,17)/p-1. The number of aryl methyl sites for hydroxylation is 1. The molecule has 1 aliphatic rings. The van der Waals surface area contributed by atoms with E-state index in [9.17, 15) is 14.4 Å². The summed E-state index contributed by atoms with van der Waals surface area (Å²) in [6.07, 6.45) is 0. The van der Waals surface area contributed by atoms with Crippen LogP contribution in [0.3, 0.4) is 0 Å². The lowest BCUT2D eigenvalue weighted by Gasteiger charge is -2.28. The molecule has 1 unspecified atom stereocenters. The maximum absolute atomic E-state index is 14.2. The lowest BCUT2D eigenvalue weighted by atomic mass is 10.1. The van der Waals surface area contributed by atoms with Crippen molar-refractivity contribution in [2.75, 3.05) is 0 Å². The molecule has 0 bridgehead atoms. The summed E-state index contributed by atoms with van der Waals surface area (Å²) in [6.45, 7) is 3.15. The highest BCUT2D eigenvalue weighted by Gasteiger charge is 2.47. The maximum atomic E-state index is 14.2. The molecule has 1 aliphatic heterocycles. The Morgan fingerprint density at radius 2 is 2.06 bits per heavy atom. The number of benzene rings is 1. The minimum atomic E-state index is -1.58. The fourth-order valence-electron chi connectivity index (χ4n) is 1.82. The third-order valence-electron chi connectivity index (χ3n) is 2.78. The molecule has 1 aromatic carbocycles. The average Bonchev–Trinajstić information content (AvgIpc) is 2.55. The highest BCUT2D eigenvalue weighted by Crippen LogP contribution is 2.56. The molecule has 2 rings (SSSR count). The molecule has 96 valence electrons. The van der Waals surface area contributed by atoms with Crippen LogP contribution in [0, 0.1) is 6.92 Å². The number of carbonyl (C=O) groups excluding carboxylic acids is 1. The van der Waals surface area contributed by atoms with E-state index < -0.39 is 10.3 Å². The predicted molar refractivity (Wildman–Crippen MR) is 67.0 cm³/mol. The Kier molecular flexibility index (Phi) is 3.29. The number of aliphatic carboxylic acids is 1. The van der Waals surface area contributed by atoms with Gasteiger partial charge in [0.15, 0.2) is 0 Å². The molecule has 0 aromatic heterocycles. The molecule has 0 saturated heterocycles. The Morgan fingerprint density at radius 3 is 2.56 bits per heavy atom. The summed E-state index contributed by atoms with van der Waals surface area (Å²) in [5, 5.41) is 11.2. The van der Waals surface area contributed by atoms with E-state index in [0.717, 1.165) is 17.3 Å². The molecule has 0 radical (unpaired) electrons. The summed E-state index contributed by atoms with van der Waals surface area (Å²) < 4.78 is 12.6. The van der Waals surface area contributed by atoms with Crippen molar-refractivity contribution in [3.8, 4) is 0 Å². The summed E-state index contributed by atoms with van der Waals surface area (Å²) in [7, 11) is 0. The molecule has 0 saturated carbocycles. The molecule has 3 nitrogen and oxygen atoms in total. The fourth-order valence-corrected chi connectivity index (χ4v) is 3.53. The van der Waals surface area contributed by atoms with Crippen LogP contribution in [0.2, 0.25) is 0 Å². The van der Waals surface area contributed by atoms with Gasteiger partial charge in [0.1, 0.15) is 0 Å². The highest BCUT2D eigenvalue weighted by atomic mass is 35.5. The van der Waals surface area contributed by atoms with E-state index in [0.29, 0.717) is 5.56 Å². The second-order valence-electron chi connectivity index (χ2n) is 3.96. The zero-order chi connectivity index (χ0) is 13.5. The number of thioether (sulfide) groups is 1. The summed E-state index contributed by atoms with van der Waals surface area (Å²) in [5.74, 6) is -1.42. The molecule has 0 aliphatic carbocycles. The molecule has 1 aromatic rings. The van der Waals surface area contributed by atoms with E-state index in [1.54, 1.807) is 31.2 Å². The van der Waals surface area contributed by atoms with Crippen LogP contribution in [0.5, 0.6) is 0 Å². The van der Waals surface area contributed by atoms with Crippen LogP contribution in [0.4, 0.5) is 4.48 Å². The van der Waals surface area contributed by atoms with Gasteiger partial charge in [0.2, 0.25) is 4.33 Å². The first-order valence-electron chi connectivity index (χ1n) is 5.20. The van der Waals surface area contributed by atoms with Crippen molar-refractivity contribution in [1.82, 2.24) is 5.12 Å². The molecular formula is C12H10ClFNO2S-. The predicted octanol–water partition coefficient (Wildman–Crippen LogP) is 2.26. The molecule has 1 heterocycles. The van der Waals surface area contributed by atoms with Gasteiger partial charge in [0.25, 0.3) is 0 Å². The second kappa shape index (κ2) is 4.48. The Labute approximate surface area is 113 Å². The van der Waals surface area contributed by atoms with Gasteiger partial charge >= 0.3 is 0 Å². The Hall–Kier alpha value is -1.20. The van der Waals surface area contributed by atoms with Crippen molar-refractivity contribution in [2.24, 2.45) is 0 Å². The number of carbonyl (C=O) groups is 1. The first-order chi connectivity index (χ1) is 8.38. The SMILES string of the molecule is CC1=C(C(=O)[O-])SC(Cl)(c2ccccc2C)N1F. The van der Waals surface area contributed by atoms with Gasteiger partial charge in [-0.3, -0.25) is 0 Å². The van der Waals surface area contributed by atoms with Crippen molar-refractivity contribution in [3.05, 3.63) is 46.0 Å². The van der Waals surface area contributed by atoms with E-state index >= 15 is 0 Å². The summed E-state index contributed by atoms with van der Waals surface area (Å²) in [6, 6.07) is 7.00. The third kappa shape index (κ3) is 1.87. The number of halogens is 2. The zero-order valence-electron chi connectivity index (χ0n) is 9.74. The van der Waals surface area contributed by atoms with Crippen LogP contribution in [0.25, 0.3) is 0 Å². The van der Waals surface area contributed by atoms with Gasteiger partial charge in [-0.1, -0.05) is 52.1 Å². The van der Waals surface area contributed by atoms with E-state index in [4.69, 9.17) is 11.6 Å². The van der Waals surface area contributed by atoms with Crippen LogP contribution in [0.1, 0.15) is 18.1 Å². The number of alkyl halides is 1. The largest absolute Gasteiger partial charge is 0.544 e. The molecule has 0 N–H and O–H groups in total. The average molecular weight is 287 g/mol. The van der Waals surface area contributed by atoms with Crippen LogP contribution in [-0.4, -0.2) is 11.1 Å².